The van der Waals surface area contributed by atoms with Crippen molar-refractivity contribution in [2.75, 3.05) is 30.4 Å². The molecule has 0 bridgehead atoms. The minimum Gasteiger partial charge on any atom is -0.370 e. The first-order chi connectivity index (χ1) is 10.3. The average molecular weight is 303 g/mol. The molecule has 2 rings (SSSR count). The van der Waals surface area contributed by atoms with Gasteiger partial charge < -0.3 is 10.6 Å². The van der Waals surface area contributed by atoms with Crippen molar-refractivity contribution >= 4 is 34.3 Å². The molecular weight excluding hydrogens is 282 g/mol. The van der Waals surface area contributed by atoms with Crippen LogP contribution in [0.2, 0.25) is 0 Å². The Hall–Kier alpha value is -1.75. The molecule has 0 spiro atoms. The van der Waals surface area contributed by atoms with Crippen LogP contribution in [-0.4, -0.2) is 36.0 Å². The molecule has 1 amide bonds. The summed E-state index contributed by atoms with van der Waals surface area (Å²) in [5.74, 6) is 1.83. The molecule has 2 aromatic rings. The quantitative estimate of drug-likeness (QED) is 0.772. The molecule has 4 nitrogen and oxygen atoms in total. The lowest BCUT2D eigenvalue weighted by Crippen LogP contribution is -2.25. The van der Waals surface area contributed by atoms with Gasteiger partial charge in [-0.3, -0.25) is 4.79 Å². The van der Waals surface area contributed by atoms with E-state index in [-0.39, 0.29) is 5.91 Å². The number of hydrogen-bond acceptors (Lipinski definition) is 4. The Kier molecular flexibility index (Phi) is 5.87. The molecule has 2 N–H and O–H groups in total. The number of nitrogens with zero attached hydrogens (tertiary/aromatic N) is 1. The first kappa shape index (κ1) is 15.6. The number of carbonyl (C=O) groups excluding carboxylic acids is 1. The van der Waals surface area contributed by atoms with Gasteiger partial charge in [0.25, 0.3) is 5.91 Å². The van der Waals surface area contributed by atoms with Crippen LogP contribution in [0, 0.1) is 0 Å². The number of hydrogen-bond donors (Lipinski definition) is 2. The minimum absolute atomic E-state index is 0.0529. The van der Waals surface area contributed by atoms with Crippen molar-refractivity contribution in [3.8, 4) is 0 Å². The van der Waals surface area contributed by atoms with Gasteiger partial charge in [-0.2, -0.15) is 11.8 Å². The van der Waals surface area contributed by atoms with E-state index in [2.05, 4.69) is 21.9 Å². The van der Waals surface area contributed by atoms with Gasteiger partial charge in [0.05, 0.1) is 5.56 Å². The van der Waals surface area contributed by atoms with Crippen molar-refractivity contribution in [1.29, 1.82) is 0 Å². The number of rotatable bonds is 7. The highest BCUT2D eigenvalue weighted by atomic mass is 32.2. The van der Waals surface area contributed by atoms with Gasteiger partial charge in [-0.1, -0.05) is 24.3 Å². The van der Waals surface area contributed by atoms with Crippen LogP contribution in [0.5, 0.6) is 0 Å². The molecule has 1 aromatic heterocycles. The van der Waals surface area contributed by atoms with E-state index >= 15 is 0 Å². The number of fused-ring (bicyclic) bond motifs is 1. The van der Waals surface area contributed by atoms with Crippen molar-refractivity contribution in [3.63, 3.8) is 0 Å². The maximum atomic E-state index is 12.3. The van der Waals surface area contributed by atoms with Crippen LogP contribution in [0.1, 0.15) is 23.7 Å². The largest absolute Gasteiger partial charge is 0.370 e. The number of anilines is 1. The normalized spacial score (nSPS) is 10.6. The van der Waals surface area contributed by atoms with Crippen molar-refractivity contribution in [2.45, 2.75) is 13.3 Å². The third-order valence-electron chi connectivity index (χ3n) is 3.19. The highest BCUT2D eigenvalue weighted by Gasteiger charge is 2.12. The van der Waals surface area contributed by atoms with Crippen LogP contribution in [0.25, 0.3) is 10.8 Å². The summed E-state index contributed by atoms with van der Waals surface area (Å²) in [6.45, 7) is 3.53. The second kappa shape index (κ2) is 7.88. The number of pyridine rings is 1. The molecule has 1 aromatic carbocycles. The lowest BCUT2D eigenvalue weighted by atomic mass is 10.1. The Labute approximate surface area is 129 Å². The molecule has 0 radical (unpaired) electrons. The van der Waals surface area contributed by atoms with E-state index in [1.54, 1.807) is 18.0 Å². The number of carbonyl (C=O) groups is 1. The van der Waals surface area contributed by atoms with Gasteiger partial charge in [0.15, 0.2) is 0 Å². The molecule has 112 valence electrons. The summed E-state index contributed by atoms with van der Waals surface area (Å²) in [5, 5.41) is 8.11. The molecule has 0 saturated carbocycles. The van der Waals surface area contributed by atoms with Crippen LogP contribution < -0.4 is 10.6 Å². The second-order valence-corrected chi connectivity index (χ2v) is 5.68. The van der Waals surface area contributed by atoms with E-state index in [0.29, 0.717) is 12.1 Å². The van der Waals surface area contributed by atoms with Crippen LogP contribution in [0.15, 0.2) is 30.5 Å². The van der Waals surface area contributed by atoms with Gasteiger partial charge in [0.1, 0.15) is 5.82 Å². The van der Waals surface area contributed by atoms with Gasteiger partial charge in [-0.15, -0.1) is 0 Å². The van der Waals surface area contributed by atoms with E-state index in [1.807, 2.05) is 31.2 Å². The molecule has 5 heteroatoms. The summed E-state index contributed by atoms with van der Waals surface area (Å²) in [6, 6.07) is 7.87. The minimum atomic E-state index is -0.0529. The van der Waals surface area contributed by atoms with Gasteiger partial charge >= 0.3 is 0 Å². The second-order valence-electron chi connectivity index (χ2n) is 4.70. The Bertz CT molecular complexity index is 615. The summed E-state index contributed by atoms with van der Waals surface area (Å²) >= 11 is 1.79. The summed E-state index contributed by atoms with van der Waals surface area (Å²) in [6.07, 6.45) is 4.71. The molecule has 0 fully saturated rings. The van der Waals surface area contributed by atoms with Gasteiger partial charge in [-0.05, 0) is 30.7 Å². The van der Waals surface area contributed by atoms with Crippen molar-refractivity contribution in [2.24, 2.45) is 0 Å². The molecule has 0 aliphatic rings. The van der Waals surface area contributed by atoms with Crippen LogP contribution in [-0.2, 0) is 0 Å². The SMILES string of the molecule is CCNc1ncc(C(=O)NCCCSC)c2ccccc12. The maximum Gasteiger partial charge on any atom is 0.253 e. The lowest BCUT2D eigenvalue weighted by molar-refractivity contribution is 0.0955. The van der Waals surface area contributed by atoms with Crippen LogP contribution in [0.3, 0.4) is 0 Å². The lowest BCUT2D eigenvalue weighted by Gasteiger charge is -2.11. The smallest absolute Gasteiger partial charge is 0.253 e. The molecule has 0 aliphatic carbocycles. The average Bonchev–Trinajstić information content (AvgIpc) is 2.52. The Morgan fingerprint density at radius 3 is 2.76 bits per heavy atom. The Morgan fingerprint density at radius 1 is 1.29 bits per heavy atom. The van der Waals surface area contributed by atoms with E-state index in [4.69, 9.17) is 0 Å². The molecule has 0 atom stereocenters. The molecule has 21 heavy (non-hydrogen) atoms. The van der Waals surface area contributed by atoms with Crippen molar-refractivity contribution < 1.29 is 4.79 Å². The third-order valence-corrected chi connectivity index (χ3v) is 3.89. The summed E-state index contributed by atoms with van der Waals surface area (Å²) in [4.78, 5) is 16.7. The summed E-state index contributed by atoms with van der Waals surface area (Å²) < 4.78 is 0. The maximum absolute atomic E-state index is 12.3. The van der Waals surface area contributed by atoms with Crippen LogP contribution >= 0.6 is 11.8 Å². The monoisotopic (exact) mass is 303 g/mol. The number of amides is 1. The van der Waals surface area contributed by atoms with E-state index in [1.165, 1.54) is 0 Å². The highest BCUT2D eigenvalue weighted by molar-refractivity contribution is 7.98. The number of benzene rings is 1. The standard InChI is InChI=1S/C16H21N3OS/c1-3-17-15-13-8-5-4-7-12(13)14(11-19-15)16(20)18-9-6-10-21-2/h4-5,7-8,11H,3,6,9-10H2,1-2H3,(H,17,19)(H,18,20). The fraction of sp³-hybridized carbons (Fsp3) is 0.375. The van der Waals surface area contributed by atoms with E-state index < -0.39 is 0 Å². The van der Waals surface area contributed by atoms with Crippen molar-refractivity contribution in [1.82, 2.24) is 10.3 Å². The van der Waals surface area contributed by atoms with Gasteiger partial charge in [0, 0.05) is 24.7 Å². The van der Waals surface area contributed by atoms with Gasteiger partial charge in [-0.25, -0.2) is 4.98 Å². The Balaban J connectivity index is 2.24. The molecule has 0 aliphatic heterocycles. The third kappa shape index (κ3) is 3.88. The zero-order chi connectivity index (χ0) is 15.1. The fourth-order valence-corrected chi connectivity index (χ4v) is 2.63. The predicted molar refractivity (Wildman–Crippen MR) is 91.2 cm³/mol. The highest BCUT2D eigenvalue weighted by Crippen LogP contribution is 2.24. The number of thioether (sulfide) groups is 1. The number of nitrogens with one attached hydrogen (secondary N) is 2. The van der Waals surface area contributed by atoms with E-state index in [0.717, 1.165) is 35.3 Å². The molecule has 1 heterocycles. The molecule has 0 unspecified atom stereocenters. The predicted octanol–water partition coefficient (Wildman–Crippen LogP) is 3.15. The molecule has 0 saturated heterocycles. The van der Waals surface area contributed by atoms with E-state index in [9.17, 15) is 4.79 Å². The van der Waals surface area contributed by atoms with Crippen molar-refractivity contribution in [3.05, 3.63) is 36.0 Å². The summed E-state index contributed by atoms with van der Waals surface area (Å²) in [5.41, 5.74) is 0.636. The van der Waals surface area contributed by atoms with Gasteiger partial charge in [0.2, 0.25) is 0 Å². The number of aromatic nitrogens is 1. The molecular formula is C16H21N3OS. The first-order valence-corrected chi connectivity index (χ1v) is 8.56. The topological polar surface area (TPSA) is 54.0 Å². The zero-order valence-corrected chi connectivity index (χ0v) is 13.3. The fourth-order valence-electron chi connectivity index (χ4n) is 2.20. The van der Waals surface area contributed by atoms with Crippen LogP contribution in [0.4, 0.5) is 5.82 Å². The zero-order valence-electron chi connectivity index (χ0n) is 12.5. The summed E-state index contributed by atoms with van der Waals surface area (Å²) in [7, 11) is 0. The Morgan fingerprint density at radius 2 is 2.05 bits per heavy atom. The first-order valence-electron chi connectivity index (χ1n) is 7.16.